The monoisotopic (exact) mass is 365 g/mol. The van der Waals surface area contributed by atoms with Crippen molar-refractivity contribution in [2.45, 2.75) is 64.2 Å². The molecule has 0 radical (unpaired) electrons. The van der Waals surface area contributed by atoms with Gasteiger partial charge in [-0.3, -0.25) is 0 Å². The lowest BCUT2D eigenvalue weighted by atomic mass is 9.89. The normalized spacial score (nSPS) is 20.6. The highest BCUT2D eigenvalue weighted by Crippen LogP contribution is 2.34. The van der Waals surface area contributed by atoms with E-state index in [1.807, 2.05) is 4.68 Å². The Hall–Kier alpha value is -2.54. The molecule has 1 fully saturated rings. The predicted octanol–water partition coefficient (Wildman–Crippen LogP) is 3.96. The number of ether oxygens (including phenoxy) is 1. The zero-order chi connectivity index (χ0) is 18.2. The minimum Gasteiger partial charge on any atom is -0.365 e. The Kier molecular flexibility index (Phi) is 4.24. The van der Waals surface area contributed by atoms with Crippen LogP contribution in [0.15, 0.2) is 28.8 Å². The van der Waals surface area contributed by atoms with Gasteiger partial charge in [0.15, 0.2) is 5.69 Å². The van der Waals surface area contributed by atoms with Gasteiger partial charge < -0.3 is 9.26 Å². The molecule has 27 heavy (non-hydrogen) atoms. The standard InChI is InChI=1S/C20H23N5O2/c1-13-7-9-14(10-8-13)17-11-25-16(12-26-17)18(22-24-25)19-21-20(27-23-19)15-5-3-2-4-6-15/h7-10,15,17H,2-6,11-12H2,1H3. The van der Waals surface area contributed by atoms with Gasteiger partial charge in [-0.1, -0.05) is 59.5 Å². The van der Waals surface area contributed by atoms with Crippen molar-refractivity contribution in [2.24, 2.45) is 0 Å². The molecule has 5 rings (SSSR count). The van der Waals surface area contributed by atoms with Crippen LogP contribution >= 0.6 is 0 Å². The maximum atomic E-state index is 6.09. The topological polar surface area (TPSA) is 78.9 Å². The molecular formula is C20H23N5O2. The van der Waals surface area contributed by atoms with Crippen LogP contribution in [0.4, 0.5) is 0 Å². The summed E-state index contributed by atoms with van der Waals surface area (Å²) in [6, 6.07) is 8.43. The molecule has 7 nitrogen and oxygen atoms in total. The fourth-order valence-corrected chi connectivity index (χ4v) is 4.01. The van der Waals surface area contributed by atoms with E-state index in [4.69, 9.17) is 9.26 Å². The highest BCUT2D eigenvalue weighted by Gasteiger charge is 2.29. The highest BCUT2D eigenvalue weighted by molar-refractivity contribution is 5.51. The quantitative estimate of drug-likeness (QED) is 0.699. The predicted molar refractivity (Wildman–Crippen MR) is 97.8 cm³/mol. The number of benzene rings is 1. The summed E-state index contributed by atoms with van der Waals surface area (Å²) in [5.74, 6) is 1.64. The van der Waals surface area contributed by atoms with Gasteiger partial charge in [-0.15, -0.1) is 5.10 Å². The molecule has 1 aliphatic heterocycles. The van der Waals surface area contributed by atoms with Crippen LogP contribution in [0, 0.1) is 6.92 Å². The third-order valence-corrected chi connectivity index (χ3v) is 5.65. The van der Waals surface area contributed by atoms with Crippen molar-refractivity contribution in [3.05, 3.63) is 47.0 Å². The van der Waals surface area contributed by atoms with Crippen molar-refractivity contribution >= 4 is 0 Å². The van der Waals surface area contributed by atoms with Crippen molar-refractivity contribution in [3.8, 4) is 11.5 Å². The van der Waals surface area contributed by atoms with E-state index in [1.54, 1.807) is 0 Å². The summed E-state index contributed by atoms with van der Waals surface area (Å²) >= 11 is 0. The van der Waals surface area contributed by atoms with Crippen LogP contribution in [0.3, 0.4) is 0 Å². The Morgan fingerprint density at radius 2 is 1.89 bits per heavy atom. The van der Waals surface area contributed by atoms with Gasteiger partial charge in [0.05, 0.1) is 18.8 Å². The van der Waals surface area contributed by atoms with E-state index in [-0.39, 0.29) is 6.10 Å². The SMILES string of the molecule is Cc1ccc(C2Cn3nnc(-c4noc(C5CCCCC5)n4)c3CO2)cc1. The average molecular weight is 365 g/mol. The molecule has 1 aromatic carbocycles. The van der Waals surface area contributed by atoms with Crippen LogP contribution in [0.25, 0.3) is 11.5 Å². The van der Waals surface area contributed by atoms with Gasteiger partial charge in [-0.2, -0.15) is 4.98 Å². The molecule has 1 unspecified atom stereocenters. The lowest BCUT2D eigenvalue weighted by molar-refractivity contribution is -0.00112. The van der Waals surface area contributed by atoms with Crippen molar-refractivity contribution < 1.29 is 9.26 Å². The Balaban J connectivity index is 1.37. The first-order valence-corrected chi connectivity index (χ1v) is 9.72. The smallest absolute Gasteiger partial charge is 0.230 e. The van der Waals surface area contributed by atoms with Crippen molar-refractivity contribution in [3.63, 3.8) is 0 Å². The average Bonchev–Trinajstić information content (AvgIpc) is 3.36. The first kappa shape index (κ1) is 16.6. The molecule has 0 amide bonds. The lowest BCUT2D eigenvalue weighted by Crippen LogP contribution is -2.22. The van der Waals surface area contributed by atoms with Crippen LogP contribution in [0.1, 0.15) is 66.8 Å². The third kappa shape index (κ3) is 3.16. The molecule has 0 N–H and O–H groups in total. The number of hydrogen-bond acceptors (Lipinski definition) is 6. The van der Waals surface area contributed by atoms with Crippen LogP contribution in [0.5, 0.6) is 0 Å². The van der Waals surface area contributed by atoms with Gasteiger partial charge in [0.1, 0.15) is 6.10 Å². The Bertz CT molecular complexity index is 924. The molecule has 1 atom stereocenters. The Morgan fingerprint density at radius 3 is 2.70 bits per heavy atom. The molecule has 1 aliphatic carbocycles. The molecule has 3 heterocycles. The highest BCUT2D eigenvalue weighted by atomic mass is 16.5. The first-order chi connectivity index (χ1) is 13.3. The van der Waals surface area contributed by atoms with E-state index < -0.39 is 0 Å². The molecule has 1 saturated carbocycles. The minimum absolute atomic E-state index is 0.0179. The number of aryl methyl sites for hydroxylation is 1. The van der Waals surface area contributed by atoms with Gasteiger partial charge >= 0.3 is 0 Å². The summed E-state index contributed by atoms with van der Waals surface area (Å²) in [6.07, 6.45) is 6.01. The minimum atomic E-state index is -0.0179. The Labute approximate surface area is 157 Å². The summed E-state index contributed by atoms with van der Waals surface area (Å²) in [6.45, 7) is 3.16. The number of hydrogen-bond donors (Lipinski definition) is 0. The molecule has 3 aromatic rings. The summed E-state index contributed by atoms with van der Waals surface area (Å²) in [7, 11) is 0. The van der Waals surface area contributed by atoms with E-state index >= 15 is 0 Å². The van der Waals surface area contributed by atoms with Crippen molar-refractivity contribution in [1.29, 1.82) is 0 Å². The first-order valence-electron chi connectivity index (χ1n) is 9.72. The molecule has 2 aromatic heterocycles. The summed E-state index contributed by atoms with van der Waals surface area (Å²) in [5.41, 5.74) is 3.98. The third-order valence-electron chi connectivity index (χ3n) is 5.65. The zero-order valence-electron chi connectivity index (χ0n) is 15.5. The zero-order valence-corrected chi connectivity index (χ0v) is 15.5. The number of fused-ring (bicyclic) bond motifs is 1. The fourth-order valence-electron chi connectivity index (χ4n) is 4.01. The lowest BCUT2D eigenvalue weighted by Gasteiger charge is -2.24. The van der Waals surface area contributed by atoms with E-state index in [2.05, 4.69) is 51.6 Å². The largest absolute Gasteiger partial charge is 0.365 e. The van der Waals surface area contributed by atoms with Crippen LogP contribution in [-0.2, 0) is 17.9 Å². The van der Waals surface area contributed by atoms with Crippen molar-refractivity contribution in [2.75, 3.05) is 0 Å². The summed E-state index contributed by atoms with van der Waals surface area (Å²) in [4.78, 5) is 4.62. The van der Waals surface area contributed by atoms with Gasteiger partial charge in [0, 0.05) is 5.92 Å². The number of rotatable bonds is 3. The van der Waals surface area contributed by atoms with Crippen LogP contribution < -0.4 is 0 Å². The van der Waals surface area contributed by atoms with Gasteiger partial charge in [0.25, 0.3) is 0 Å². The number of nitrogens with zero attached hydrogens (tertiary/aromatic N) is 5. The fraction of sp³-hybridized carbons (Fsp3) is 0.500. The molecule has 0 spiro atoms. The maximum Gasteiger partial charge on any atom is 0.230 e. The van der Waals surface area contributed by atoms with Gasteiger partial charge in [-0.25, -0.2) is 4.68 Å². The molecule has 140 valence electrons. The molecule has 0 bridgehead atoms. The molecule has 7 heteroatoms. The number of aromatic nitrogens is 5. The van der Waals surface area contributed by atoms with Gasteiger partial charge in [-0.05, 0) is 25.3 Å². The van der Waals surface area contributed by atoms with E-state index in [0.717, 1.165) is 30.0 Å². The van der Waals surface area contributed by atoms with Crippen molar-refractivity contribution in [1.82, 2.24) is 25.1 Å². The maximum absolute atomic E-state index is 6.09. The van der Waals surface area contributed by atoms with Gasteiger partial charge in [0.2, 0.25) is 11.7 Å². The van der Waals surface area contributed by atoms with E-state index in [0.29, 0.717) is 30.6 Å². The Morgan fingerprint density at radius 1 is 1.07 bits per heavy atom. The second-order valence-corrected chi connectivity index (χ2v) is 7.57. The van der Waals surface area contributed by atoms with E-state index in [9.17, 15) is 0 Å². The molecular weight excluding hydrogens is 342 g/mol. The summed E-state index contributed by atoms with van der Waals surface area (Å²) in [5, 5.41) is 12.8. The second-order valence-electron chi connectivity index (χ2n) is 7.57. The molecule has 0 saturated heterocycles. The van der Waals surface area contributed by atoms with Crippen LogP contribution in [0.2, 0.25) is 0 Å². The summed E-state index contributed by atoms with van der Waals surface area (Å²) < 4.78 is 13.5. The van der Waals surface area contributed by atoms with E-state index in [1.165, 1.54) is 24.8 Å². The van der Waals surface area contributed by atoms with Crippen LogP contribution in [-0.4, -0.2) is 25.1 Å². The second kappa shape index (κ2) is 6.88. The molecule has 2 aliphatic rings.